The SMILES string of the molecule is COc1ccc(OC)c(N2CC(c3nc4ccccc4n3CCCOc3cccc(C)c3)CC2=O)c1. The van der Waals surface area contributed by atoms with Gasteiger partial charge in [0.25, 0.3) is 0 Å². The number of rotatable bonds is 9. The molecule has 0 spiro atoms. The monoisotopic (exact) mass is 485 g/mol. The first-order chi connectivity index (χ1) is 17.6. The Morgan fingerprint density at radius 3 is 2.64 bits per heavy atom. The van der Waals surface area contributed by atoms with Crippen molar-refractivity contribution in [2.75, 3.05) is 32.3 Å². The van der Waals surface area contributed by atoms with E-state index in [9.17, 15) is 4.79 Å². The predicted octanol–water partition coefficient (Wildman–Crippen LogP) is 5.35. The molecular formula is C29H31N3O4. The molecule has 1 amide bonds. The van der Waals surface area contributed by atoms with E-state index in [1.54, 1.807) is 19.1 Å². The zero-order chi connectivity index (χ0) is 25.1. The molecule has 186 valence electrons. The lowest BCUT2D eigenvalue weighted by molar-refractivity contribution is -0.117. The summed E-state index contributed by atoms with van der Waals surface area (Å²) in [6.45, 7) is 3.95. The number of anilines is 1. The van der Waals surface area contributed by atoms with Crippen molar-refractivity contribution in [3.63, 3.8) is 0 Å². The van der Waals surface area contributed by atoms with Gasteiger partial charge in [-0.15, -0.1) is 0 Å². The quantitative estimate of drug-likeness (QED) is 0.299. The summed E-state index contributed by atoms with van der Waals surface area (Å²) in [7, 11) is 3.23. The van der Waals surface area contributed by atoms with Gasteiger partial charge in [0.2, 0.25) is 5.91 Å². The van der Waals surface area contributed by atoms with E-state index in [4.69, 9.17) is 19.2 Å². The van der Waals surface area contributed by atoms with Gasteiger partial charge in [0.1, 0.15) is 23.1 Å². The summed E-state index contributed by atoms with van der Waals surface area (Å²) in [5.41, 5.74) is 3.92. The van der Waals surface area contributed by atoms with Crippen molar-refractivity contribution < 1.29 is 19.0 Å². The maximum atomic E-state index is 13.2. The lowest BCUT2D eigenvalue weighted by atomic mass is 10.1. The Morgan fingerprint density at radius 1 is 0.972 bits per heavy atom. The highest BCUT2D eigenvalue weighted by Gasteiger charge is 2.36. The zero-order valence-corrected chi connectivity index (χ0v) is 20.9. The fourth-order valence-corrected chi connectivity index (χ4v) is 4.88. The minimum Gasteiger partial charge on any atom is -0.497 e. The number of para-hydroxylation sites is 2. The average Bonchev–Trinajstić information content (AvgIpc) is 3.46. The summed E-state index contributed by atoms with van der Waals surface area (Å²) in [5, 5.41) is 0. The van der Waals surface area contributed by atoms with E-state index in [2.05, 4.69) is 23.6 Å². The van der Waals surface area contributed by atoms with Crippen molar-refractivity contribution in [1.29, 1.82) is 0 Å². The molecule has 0 N–H and O–H groups in total. The Hall–Kier alpha value is -4.00. The van der Waals surface area contributed by atoms with Crippen LogP contribution >= 0.6 is 0 Å². The molecule has 0 aliphatic carbocycles. The van der Waals surface area contributed by atoms with Crippen LogP contribution in [0.25, 0.3) is 11.0 Å². The number of hydrogen-bond donors (Lipinski definition) is 0. The highest BCUT2D eigenvalue weighted by molar-refractivity contribution is 5.98. The number of aryl methyl sites for hydroxylation is 2. The normalized spacial score (nSPS) is 15.5. The van der Waals surface area contributed by atoms with Crippen LogP contribution in [0, 0.1) is 6.92 Å². The molecule has 0 saturated carbocycles. The van der Waals surface area contributed by atoms with Gasteiger partial charge in [0.05, 0.1) is 37.5 Å². The maximum Gasteiger partial charge on any atom is 0.227 e. The summed E-state index contributed by atoms with van der Waals surface area (Å²) in [6, 6.07) is 21.8. The molecule has 1 unspecified atom stereocenters. The minimum atomic E-state index is -0.0292. The average molecular weight is 486 g/mol. The highest BCUT2D eigenvalue weighted by Crippen LogP contribution is 2.39. The number of carbonyl (C=O) groups excluding carboxylic acids is 1. The molecule has 1 fully saturated rings. The Kier molecular flexibility index (Phi) is 6.80. The van der Waals surface area contributed by atoms with Crippen molar-refractivity contribution in [1.82, 2.24) is 9.55 Å². The molecular weight excluding hydrogens is 454 g/mol. The van der Waals surface area contributed by atoms with Gasteiger partial charge in [0, 0.05) is 31.5 Å². The molecule has 1 saturated heterocycles. The Balaban J connectivity index is 1.37. The van der Waals surface area contributed by atoms with Crippen molar-refractivity contribution in [3.8, 4) is 17.2 Å². The zero-order valence-electron chi connectivity index (χ0n) is 20.9. The van der Waals surface area contributed by atoms with Gasteiger partial charge >= 0.3 is 0 Å². The van der Waals surface area contributed by atoms with Crippen LogP contribution in [0.4, 0.5) is 5.69 Å². The topological polar surface area (TPSA) is 65.8 Å². The summed E-state index contributed by atoms with van der Waals surface area (Å²) in [4.78, 5) is 19.9. The summed E-state index contributed by atoms with van der Waals surface area (Å²) < 4.78 is 19.2. The molecule has 4 aromatic rings. The summed E-state index contributed by atoms with van der Waals surface area (Å²) >= 11 is 0. The molecule has 0 bridgehead atoms. The Bertz CT molecular complexity index is 1380. The van der Waals surface area contributed by atoms with E-state index >= 15 is 0 Å². The van der Waals surface area contributed by atoms with Crippen molar-refractivity contribution in [2.45, 2.75) is 32.2 Å². The summed E-state index contributed by atoms with van der Waals surface area (Å²) in [6.07, 6.45) is 1.22. The molecule has 2 heterocycles. The number of hydrogen-bond acceptors (Lipinski definition) is 5. The number of nitrogens with zero attached hydrogens (tertiary/aromatic N) is 3. The molecule has 1 aromatic heterocycles. The Morgan fingerprint density at radius 2 is 1.83 bits per heavy atom. The van der Waals surface area contributed by atoms with E-state index in [-0.39, 0.29) is 11.8 Å². The second kappa shape index (κ2) is 10.3. The third-order valence-corrected chi connectivity index (χ3v) is 6.64. The lowest BCUT2D eigenvalue weighted by Gasteiger charge is -2.20. The van der Waals surface area contributed by atoms with Crippen LogP contribution in [0.5, 0.6) is 17.2 Å². The molecule has 7 nitrogen and oxygen atoms in total. The maximum absolute atomic E-state index is 13.2. The molecule has 3 aromatic carbocycles. The second-order valence-electron chi connectivity index (χ2n) is 9.07. The second-order valence-corrected chi connectivity index (χ2v) is 9.07. The Labute approximate surface area is 211 Å². The van der Waals surface area contributed by atoms with Crippen LogP contribution in [0.2, 0.25) is 0 Å². The highest BCUT2D eigenvalue weighted by atomic mass is 16.5. The van der Waals surface area contributed by atoms with E-state index in [1.807, 2.05) is 54.6 Å². The lowest BCUT2D eigenvalue weighted by Crippen LogP contribution is -2.25. The molecule has 0 radical (unpaired) electrons. The van der Waals surface area contributed by atoms with Gasteiger partial charge in [-0.1, -0.05) is 24.3 Å². The van der Waals surface area contributed by atoms with Crippen LogP contribution < -0.4 is 19.1 Å². The first-order valence-corrected chi connectivity index (χ1v) is 12.2. The van der Waals surface area contributed by atoms with Crippen molar-refractivity contribution in [2.24, 2.45) is 0 Å². The molecule has 1 aliphatic rings. The number of ether oxygens (including phenoxy) is 3. The summed E-state index contributed by atoms with van der Waals surface area (Å²) in [5.74, 6) is 3.17. The number of methoxy groups -OCH3 is 2. The third-order valence-electron chi connectivity index (χ3n) is 6.64. The molecule has 7 heteroatoms. The molecule has 1 aliphatic heterocycles. The molecule has 5 rings (SSSR count). The van der Waals surface area contributed by atoms with Gasteiger partial charge in [-0.2, -0.15) is 0 Å². The van der Waals surface area contributed by atoms with Gasteiger partial charge < -0.3 is 23.7 Å². The number of carbonyl (C=O) groups is 1. The van der Waals surface area contributed by atoms with E-state index in [1.165, 1.54) is 5.56 Å². The molecule has 1 atom stereocenters. The minimum absolute atomic E-state index is 0.0292. The van der Waals surface area contributed by atoms with E-state index in [0.717, 1.165) is 41.3 Å². The number of fused-ring (bicyclic) bond motifs is 1. The van der Waals surface area contributed by atoms with Crippen LogP contribution in [0.1, 0.15) is 30.1 Å². The van der Waals surface area contributed by atoms with Gasteiger partial charge in [-0.05, 0) is 55.3 Å². The van der Waals surface area contributed by atoms with Crippen LogP contribution in [0.3, 0.4) is 0 Å². The number of imidazole rings is 1. The number of aromatic nitrogens is 2. The number of benzene rings is 3. The van der Waals surface area contributed by atoms with E-state index < -0.39 is 0 Å². The first-order valence-electron chi connectivity index (χ1n) is 12.2. The van der Waals surface area contributed by atoms with Gasteiger partial charge in [-0.25, -0.2) is 4.98 Å². The van der Waals surface area contributed by atoms with E-state index in [0.29, 0.717) is 31.1 Å². The van der Waals surface area contributed by atoms with Gasteiger partial charge in [-0.3, -0.25) is 4.79 Å². The van der Waals surface area contributed by atoms with Crippen LogP contribution in [0.15, 0.2) is 66.7 Å². The van der Waals surface area contributed by atoms with Crippen molar-refractivity contribution >= 4 is 22.6 Å². The van der Waals surface area contributed by atoms with Crippen LogP contribution in [-0.4, -0.2) is 42.8 Å². The fraction of sp³-hybridized carbons (Fsp3) is 0.310. The molecule has 36 heavy (non-hydrogen) atoms. The van der Waals surface area contributed by atoms with Crippen molar-refractivity contribution in [3.05, 3.63) is 78.1 Å². The largest absolute Gasteiger partial charge is 0.497 e. The first kappa shape index (κ1) is 23.7. The van der Waals surface area contributed by atoms with Gasteiger partial charge in [0.15, 0.2) is 0 Å². The number of amides is 1. The smallest absolute Gasteiger partial charge is 0.227 e. The standard InChI is InChI=1S/C29H31N3O4/c1-20-8-6-9-23(16-20)36-15-7-14-31-25-11-5-4-10-24(25)30-29(31)21-17-28(33)32(19-21)26-18-22(34-2)12-13-27(26)35-3/h4-6,8-13,16,18,21H,7,14-15,17,19H2,1-3H3. The third kappa shape index (κ3) is 4.73. The predicted molar refractivity (Wildman–Crippen MR) is 140 cm³/mol. The van der Waals surface area contributed by atoms with Crippen LogP contribution in [-0.2, 0) is 11.3 Å². The fourth-order valence-electron chi connectivity index (χ4n) is 4.88.